The van der Waals surface area contributed by atoms with Crippen LogP contribution in [0.25, 0.3) is 0 Å². The third-order valence-corrected chi connectivity index (χ3v) is 1.62. The third kappa shape index (κ3) is 4.74. The first-order valence-electron chi connectivity index (χ1n) is 3.70. The van der Waals surface area contributed by atoms with Gasteiger partial charge in [-0.25, -0.2) is 0 Å². The van der Waals surface area contributed by atoms with Gasteiger partial charge in [0.1, 0.15) is 0 Å². The highest BCUT2D eigenvalue weighted by molar-refractivity contribution is 7.80. The molecular weight excluding hydrogens is 144 g/mol. The third-order valence-electron chi connectivity index (χ3n) is 1.03. The lowest BCUT2D eigenvalue weighted by molar-refractivity contribution is 0.252. The van der Waals surface area contributed by atoms with Crippen molar-refractivity contribution in [2.75, 3.05) is 6.61 Å². The molecule has 0 aromatic heterocycles. The molecule has 0 aromatic rings. The predicted octanol–water partition coefficient (Wildman–Crippen LogP) is 2.64. The van der Waals surface area contributed by atoms with Crippen LogP contribution in [0.1, 0.15) is 27.7 Å². The van der Waals surface area contributed by atoms with Crippen LogP contribution in [0.15, 0.2) is 0 Å². The van der Waals surface area contributed by atoms with Crippen molar-refractivity contribution in [3.8, 4) is 0 Å². The second-order valence-corrected chi connectivity index (χ2v) is 3.58. The summed E-state index contributed by atoms with van der Waals surface area (Å²) in [5.41, 5.74) is 0. The monoisotopic (exact) mass is 160 g/mol. The number of hydrogen-bond acceptors (Lipinski definition) is 2. The molecule has 0 aliphatic heterocycles. The molecular formula is C8H16OS. The molecule has 0 radical (unpaired) electrons. The van der Waals surface area contributed by atoms with Gasteiger partial charge >= 0.3 is 0 Å². The van der Waals surface area contributed by atoms with E-state index in [0.717, 1.165) is 11.7 Å². The van der Waals surface area contributed by atoms with E-state index in [-0.39, 0.29) is 0 Å². The highest BCUT2D eigenvalue weighted by Gasteiger charge is 2.03. The number of rotatable bonds is 3. The minimum absolute atomic E-state index is 0.369. The Hall–Kier alpha value is -0.110. The van der Waals surface area contributed by atoms with E-state index in [9.17, 15) is 0 Å². The summed E-state index contributed by atoms with van der Waals surface area (Å²) >= 11 is 4.97. The van der Waals surface area contributed by atoms with Crippen LogP contribution in [0.3, 0.4) is 0 Å². The van der Waals surface area contributed by atoms with Crippen molar-refractivity contribution in [1.29, 1.82) is 0 Å². The molecule has 0 aromatic carbocycles. The molecule has 10 heavy (non-hydrogen) atoms. The molecule has 0 rings (SSSR count). The molecule has 0 saturated carbocycles. The molecule has 0 unspecified atom stereocenters. The van der Waals surface area contributed by atoms with Gasteiger partial charge in [-0.05, 0) is 18.1 Å². The molecule has 0 spiro atoms. The van der Waals surface area contributed by atoms with Gasteiger partial charge in [0.05, 0.1) is 6.61 Å². The van der Waals surface area contributed by atoms with E-state index in [2.05, 4.69) is 13.8 Å². The van der Waals surface area contributed by atoms with E-state index in [1.807, 2.05) is 13.8 Å². The number of ether oxygens (including phenoxy) is 1. The zero-order chi connectivity index (χ0) is 8.15. The van der Waals surface area contributed by atoms with Crippen LogP contribution >= 0.6 is 12.2 Å². The van der Waals surface area contributed by atoms with E-state index in [0.29, 0.717) is 11.8 Å². The van der Waals surface area contributed by atoms with E-state index >= 15 is 0 Å². The molecule has 0 saturated heterocycles. The summed E-state index contributed by atoms with van der Waals surface area (Å²) in [6.45, 7) is 9.06. The topological polar surface area (TPSA) is 9.23 Å². The highest BCUT2D eigenvalue weighted by Crippen LogP contribution is 2.01. The first kappa shape index (κ1) is 9.89. The zero-order valence-corrected chi connectivity index (χ0v) is 7.99. The Morgan fingerprint density at radius 2 is 1.80 bits per heavy atom. The summed E-state index contributed by atoms with van der Waals surface area (Å²) < 4.78 is 5.30. The smallest absolute Gasteiger partial charge is 0.162 e. The summed E-state index contributed by atoms with van der Waals surface area (Å²) in [5.74, 6) is 0.936. The van der Waals surface area contributed by atoms with Crippen LogP contribution in [0.5, 0.6) is 0 Å². The molecule has 0 heterocycles. The van der Waals surface area contributed by atoms with E-state index in [1.54, 1.807) is 0 Å². The number of thiocarbonyl (C=S) groups is 1. The van der Waals surface area contributed by atoms with Gasteiger partial charge in [0, 0.05) is 5.92 Å². The lowest BCUT2D eigenvalue weighted by Gasteiger charge is -2.11. The summed E-state index contributed by atoms with van der Waals surface area (Å²) in [7, 11) is 0. The molecule has 1 nitrogen and oxygen atoms in total. The van der Waals surface area contributed by atoms with Crippen molar-refractivity contribution in [2.45, 2.75) is 27.7 Å². The molecule has 60 valence electrons. The Labute approximate surface area is 68.8 Å². The van der Waals surface area contributed by atoms with Crippen molar-refractivity contribution in [3.63, 3.8) is 0 Å². The molecule has 0 fully saturated rings. The minimum Gasteiger partial charge on any atom is -0.487 e. The molecule has 0 atom stereocenters. The van der Waals surface area contributed by atoms with Gasteiger partial charge in [-0.3, -0.25) is 0 Å². The first-order chi connectivity index (χ1) is 4.54. The molecule has 0 amide bonds. The zero-order valence-electron chi connectivity index (χ0n) is 7.18. The summed E-state index contributed by atoms with van der Waals surface area (Å²) in [4.78, 5) is 0. The SMILES string of the molecule is CC(C)COC(=S)C(C)C. The van der Waals surface area contributed by atoms with E-state index in [4.69, 9.17) is 17.0 Å². The molecule has 0 bridgehead atoms. The van der Waals surface area contributed by atoms with Crippen LogP contribution in [-0.2, 0) is 4.74 Å². The summed E-state index contributed by atoms with van der Waals surface area (Å²) in [6, 6.07) is 0. The van der Waals surface area contributed by atoms with Gasteiger partial charge in [-0.2, -0.15) is 0 Å². The summed E-state index contributed by atoms with van der Waals surface area (Å²) in [6.07, 6.45) is 0. The average molecular weight is 160 g/mol. The van der Waals surface area contributed by atoms with E-state index < -0.39 is 0 Å². The van der Waals surface area contributed by atoms with Crippen LogP contribution in [-0.4, -0.2) is 11.7 Å². The number of hydrogen-bond donors (Lipinski definition) is 0. The Morgan fingerprint density at radius 3 is 2.10 bits per heavy atom. The van der Waals surface area contributed by atoms with Gasteiger partial charge in [-0.1, -0.05) is 27.7 Å². The maximum Gasteiger partial charge on any atom is 0.162 e. The van der Waals surface area contributed by atoms with E-state index in [1.165, 1.54) is 0 Å². The second kappa shape index (κ2) is 4.67. The standard InChI is InChI=1S/C8H16OS/c1-6(2)5-9-8(10)7(3)4/h6-7H,5H2,1-4H3. The second-order valence-electron chi connectivity index (χ2n) is 3.18. The van der Waals surface area contributed by atoms with Crippen molar-refractivity contribution < 1.29 is 4.74 Å². The predicted molar refractivity (Wildman–Crippen MR) is 48.2 cm³/mol. The Kier molecular flexibility index (Phi) is 4.62. The normalized spacial score (nSPS) is 10.6. The maximum atomic E-state index is 5.30. The van der Waals surface area contributed by atoms with Crippen molar-refractivity contribution >= 4 is 17.3 Å². The van der Waals surface area contributed by atoms with Gasteiger partial charge in [-0.15, -0.1) is 0 Å². The van der Waals surface area contributed by atoms with Gasteiger partial charge < -0.3 is 4.74 Å². The van der Waals surface area contributed by atoms with Crippen LogP contribution < -0.4 is 0 Å². The molecule has 0 aliphatic carbocycles. The first-order valence-corrected chi connectivity index (χ1v) is 4.11. The Bertz CT molecular complexity index is 108. The fraction of sp³-hybridized carbons (Fsp3) is 0.875. The van der Waals surface area contributed by atoms with Crippen molar-refractivity contribution in [1.82, 2.24) is 0 Å². The summed E-state index contributed by atoms with van der Waals surface area (Å²) in [5, 5.41) is 0.730. The molecule has 0 N–H and O–H groups in total. The van der Waals surface area contributed by atoms with Crippen LogP contribution in [0.4, 0.5) is 0 Å². The minimum atomic E-state index is 0.369. The largest absolute Gasteiger partial charge is 0.487 e. The Balaban J connectivity index is 3.40. The Morgan fingerprint density at radius 1 is 1.30 bits per heavy atom. The molecule has 2 heteroatoms. The van der Waals surface area contributed by atoms with Gasteiger partial charge in [0.25, 0.3) is 0 Å². The van der Waals surface area contributed by atoms with Gasteiger partial charge in [0.15, 0.2) is 5.05 Å². The maximum absolute atomic E-state index is 5.30. The van der Waals surface area contributed by atoms with Crippen LogP contribution in [0.2, 0.25) is 0 Å². The fourth-order valence-corrected chi connectivity index (χ4v) is 0.484. The van der Waals surface area contributed by atoms with Crippen molar-refractivity contribution in [2.24, 2.45) is 11.8 Å². The van der Waals surface area contributed by atoms with Crippen LogP contribution in [0, 0.1) is 11.8 Å². The van der Waals surface area contributed by atoms with Crippen molar-refractivity contribution in [3.05, 3.63) is 0 Å². The average Bonchev–Trinajstić information content (AvgIpc) is 1.82. The lowest BCUT2D eigenvalue weighted by atomic mass is 10.2. The lowest BCUT2D eigenvalue weighted by Crippen LogP contribution is -2.12. The van der Waals surface area contributed by atoms with Gasteiger partial charge in [0.2, 0.25) is 0 Å². The molecule has 0 aliphatic rings. The fourth-order valence-electron chi connectivity index (χ4n) is 0.415. The highest BCUT2D eigenvalue weighted by atomic mass is 32.1. The quantitative estimate of drug-likeness (QED) is 0.587.